The van der Waals surface area contributed by atoms with Crippen molar-refractivity contribution in [1.29, 1.82) is 15.8 Å². The molecule has 530 valence electrons. The average molecular weight is 1400 g/mol. The van der Waals surface area contributed by atoms with Gasteiger partial charge in [0.05, 0.1) is 68.2 Å². The number of nitrogens with zero attached hydrogens (tertiary/aromatic N) is 15. The summed E-state index contributed by atoms with van der Waals surface area (Å²) < 4.78 is 50.4. The summed E-state index contributed by atoms with van der Waals surface area (Å²) in [5, 5.41) is 30.4. The van der Waals surface area contributed by atoms with Gasteiger partial charge in [-0.2, -0.15) is 19.7 Å². The van der Waals surface area contributed by atoms with Gasteiger partial charge in [-0.05, 0) is 165 Å². The molecule has 0 saturated carbocycles. The van der Waals surface area contributed by atoms with Gasteiger partial charge in [-0.25, -0.2) is 43.1 Å². The van der Waals surface area contributed by atoms with E-state index in [1.54, 1.807) is 143 Å². The molecule has 3 fully saturated rings. The van der Waals surface area contributed by atoms with Crippen molar-refractivity contribution in [2.45, 2.75) is 119 Å². The highest BCUT2D eigenvalue weighted by Gasteiger charge is 2.46. The Bertz CT molecular complexity index is 3820. The number of halogens is 4. The van der Waals surface area contributed by atoms with E-state index in [9.17, 15) is 47.2 Å². The lowest BCUT2D eigenvalue weighted by Gasteiger charge is -2.42. The van der Waals surface area contributed by atoms with E-state index in [0.717, 1.165) is 36.0 Å². The van der Waals surface area contributed by atoms with Crippen LogP contribution in [0.15, 0.2) is 184 Å². The van der Waals surface area contributed by atoms with Crippen molar-refractivity contribution in [3.8, 4) is 52.4 Å². The maximum absolute atomic E-state index is 13.4. The Labute approximate surface area is 600 Å². The highest BCUT2D eigenvalue weighted by atomic mass is 32.2. The van der Waals surface area contributed by atoms with Gasteiger partial charge in [0.2, 0.25) is 0 Å². The molecule has 6 aromatic heterocycles. The Morgan fingerprint density at radius 2 is 0.647 bits per heavy atom. The molecule has 0 radical (unpaired) electrons. The van der Waals surface area contributed by atoms with E-state index in [2.05, 4.69) is 63.1 Å². The lowest BCUT2D eigenvalue weighted by atomic mass is 9.66. The van der Waals surface area contributed by atoms with Crippen molar-refractivity contribution in [3.05, 3.63) is 234 Å². The van der Waals surface area contributed by atoms with Gasteiger partial charge in [0.25, 0.3) is 17.7 Å². The second-order valence-electron chi connectivity index (χ2n) is 24.4. The number of aromatic nitrogens is 9. The molecule has 102 heavy (non-hydrogen) atoms. The highest BCUT2D eigenvalue weighted by Crippen LogP contribution is 2.49. The Kier molecular flexibility index (Phi) is 30.1. The van der Waals surface area contributed by atoms with Crippen molar-refractivity contribution in [3.63, 3.8) is 0 Å². The largest absolute Gasteiger partial charge is 0.338 e. The summed E-state index contributed by atoms with van der Waals surface area (Å²) in [7, 11) is 0. The fourth-order valence-electron chi connectivity index (χ4n) is 14.0. The molecule has 3 aliphatic rings. The summed E-state index contributed by atoms with van der Waals surface area (Å²) in [6, 6.07) is 42.6. The van der Waals surface area contributed by atoms with E-state index < -0.39 is 16.2 Å². The normalized spacial score (nSPS) is 15.4. The molecule has 3 saturated heterocycles. The van der Waals surface area contributed by atoms with Gasteiger partial charge in [0.15, 0.2) is 0 Å². The van der Waals surface area contributed by atoms with Crippen LogP contribution in [-0.2, 0) is 0 Å². The van der Waals surface area contributed by atoms with Crippen LogP contribution >= 0.6 is 12.1 Å². The van der Waals surface area contributed by atoms with Crippen LogP contribution in [-0.4, -0.2) is 123 Å². The number of hydrogen-bond acceptors (Lipinski definition) is 16. The molecule has 3 aromatic carbocycles. The van der Waals surface area contributed by atoms with E-state index in [-0.39, 0.29) is 87.4 Å². The van der Waals surface area contributed by atoms with Crippen molar-refractivity contribution in [2.24, 2.45) is 16.2 Å². The average Bonchev–Trinajstić information content (AvgIpc) is 0.796. The minimum atomic E-state index is -0.590. The highest BCUT2D eigenvalue weighted by molar-refractivity contribution is 7.93. The van der Waals surface area contributed by atoms with Crippen molar-refractivity contribution < 1.29 is 31.4 Å². The Morgan fingerprint density at radius 1 is 0.412 bits per heavy atom. The molecular weight excluding hydrogens is 1320 g/mol. The molecule has 0 spiro atoms. The monoisotopic (exact) mass is 1400 g/mol. The van der Waals surface area contributed by atoms with E-state index >= 15 is 0 Å². The molecule has 0 aliphatic carbocycles. The lowest BCUT2D eigenvalue weighted by molar-refractivity contribution is 0.0607. The van der Waals surface area contributed by atoms with Crippen LogP contribution in [0.5, 0.6) is 0 Å². The summed E-state index contributed by atoms with van der Waals surface area (Å²) in [6.45, 7) is 9.00. The Morgan fingerprint density at radius 3 is 0.843 bits per heavy atom. The topological polar surface area (TPSA) is 248 Å². The number of benzene rings is 3. The van der Waals surface area contributed by atoms with Gasteiger partial charge < -0.3 is 14.7 Å². The van der Waals surface area contributed by atoms with Crippen LogP contribution in [0.1, 0.15) is 166 Å². The second-order valence-corrected chi connectivity index (χ2v) is 24.7. The molecule has 9 aromatic rings. The van der Waals surface area contributed by atoms with Gasteiger partial charge in [-0.3, -0.25) is 29.3 Å². The van der Waals surface area contributed by atoms with E-state index in [4.69, 9.17) is 0 Å². The molecule has 3 amide bonds. The molecule has 18 nitrogen and oxygen atoms in total. The SMILES string of the molecule is C.C.C.CCC(c1ccc(F)cc1)C1(C#N)CCN(C(=O)c2cccnc2-c2ccncn2)CC1.CC[C@@H](c1ccc(F)cc1)C1(C#N)CCN(C(=O)c2cccnc2-c2ccncn2)CC1.CC[C@H](c1ccc(F)cc1)C1(C#N)CCN(C(=O)c2cccnc2-c2ccncn2)CC1.CSF. The maximum atomic E-state index is 13.4. The molecule has 1 unspecified atom stereocenters. The third-order valence-corrected chi connectivity index (χ3v) is 19.1. The van der Waals surface area contributed by atoms with Crippen LogP contribution in [0.4, 0.5) is 17.1 Å². The van der Waals surface area contributed by atoms with Crippen LogP contribution in [0.3, 0.4) is 0 Å². The number of amides is 3. The number of carbonyl (C=O) groups is 3. The van der Waals surface area contributed by atoms with Gasteiger partial charge in [0.1, 0.15) is 53.5 Å². The minimum Gasteiger partial charge on any atom is -0.338 e. The van der Waals surface area contributed by atoms with Gasteiger partial charge in [0, 0.05) is 113 Å². The Balaban J connectivity index is 0.000000232. The van der Waals surface area contributed by atoms with E-state index in [0.29, 0.717) is 129 Å². The zero-order valence-electron chi connectivity index (χ0n) is 55.5. The van der Waals surface area contributed by atoms with Crippen LogP contribution in [0, 0.1) is 67.7 Å². The number of rotatable bonds is 15. The first kappa shape index (κ1) is 80.3. The zero-order chi connectivity index (χ0) is 70.4. The predicted octanol–water partition coefficient (Wildman–Crippen LogP) is 17.0. The summed E-state index contributed by atoms with van der Waals surface area (Å²) >= 11 is 0.250. The first-order valence-electron chi connectivity index (χ1n) is 32.8. The van der Waals surface area contributed by atoms with Crippen LogP contribution in [0.2, 0.25) is 0 Å². The van der Waals surface area contributed by atoms with Gasteiger partial charge >= 0.3 is 0 Å². The fourth-order valence-corrected chi connectivity index (χ4v) is 14.0. The molecule has 0 bridgehead atoms. The van der Waals surface area contributed by atoms with Crippen molar-refractivity contribution in [1.82, 2.24) is 59.6 Å². The predicted molar refractivity (Wildman–Crippen MR) is 388 cm³/mol. The molecule has 23 heteroatoms. The molecule has 3 atom stereocenters. The summed E-state index contributed by atoms with van der Waals surface area (Å²) in [6.07, 6.45) is 21.1. The first-order valence-corrected chi connectivity index (χ1v) is 33.9. The van der Waals surface area contributed by atoms with Gasteiger partial charge in [-0.1, -0.05) is 79.4 Å². The van der Waals surface area contributed by atoms with Crippen molar-refractivity contribution >= 4 is 29.9 Å². The summed E-state index contributed by atoms with van der Waals surface area (Å²) in [5.74, 6) is -1.25. The number of likely N-dealkylation sites (tertiary alicyclic amines) is 3. The molecule has 12 rings (SSSR count). The quantitative estimate of drug-likeness (QED) is 0.0865. The summed E-state index contributed by atoms with van der Waals surface area (Å²) in [4.78, 5) is 83.1. The second kappa shape index (κ2) is 38.2. The zero-order valence-corrected chi connectivity index (χ0v) is 56.3. The third-order valence-electron chi connectivity index (χ3n) is 19.1. The van der Waals surface area contributed by atoms with Crippen molar-refractivity contribution in [2.75, 3.05) is 45.5 Å². The third kappa shape index (κ3) is 18.6. The molecule has 0 N–H and O–H groups in total. The molecule has 9 heterocycles. The lowest BCUT2D eigenvalue weighted by Crippen LogP contribution is -2.45. The number of hydrogen-bond donors (Lipinski definition) is 0. The first-order chi connectivity index (χ1) is 48.1. The maximum Gasteiger partial charge on any atom is 0.256 e. The number of carbonyl (C=O) groups excluding carboxylic acids is 3. The fraction of sp³-hybridized carbons (Fsp3) is 0.354. The summed E-state index contributed by atoms with van der Waals surface area (Å²) in [5.41, 5.74) is 5.94. The standard InChI is InChI=1S/3C25H24FN5O.CH3FS.3CH4/c3*1-2-21(18-5-7-19(26)8-6-18)25(16-27)10-14-31(15-11-25)24(32)20-4-3-12-29-23(20)22-9-13-28-17-30-22;1-3-2;;;/h3*3-9,12-13,17,21H,2,10-11,14-15H2,1H3;1H3;3*1H4/t2*21-;;;;;/m10...../s1. The Hall–Kier alpha value is -10.7. The smallest absolute Gasteiger partial charge is 0.256 e. The van der Waals surface area contributed by atoms with E-state index in [1.807, 2.05) is 20.8 Å². The van der Waals surface area contributed by atoms with Gasteiger partial charge in [-0.15, -0.1) is 0 Å². The van der Waals surface area contributed by atoms with Crippen LogP contribution in [0.25, 0.3) is 34.2 Å². The molecular formula is C79H87F4N15O3S. The number of piperidine rings is 3. The van der Waals surface area contributed by atoms with E-state index in [1.165, 1.54) is 61.6 Å². The van der Waals surface area contributed by atoms with Crippen LogP contribution < -0.4 is 0 Å². The number of nitriles is 3. The number of pyridine rings is 3. The minimum absolute atomic E-state index is 0. The molecule has 3 aliphatic heterocycles.